The third-order valence-corrected chi connectivity index (χ3v) is 6.95. The molecular weight excluding hydrogens is 403 g/mol. The number of halogens is 2. The molecule has 1 aliphatic rings. The molecule has 0 bridgehead atoms. The van der Waals surface area contributed by atoms with E-state index < -0.39 is 11.8 Å². The lowest BCUT2D eigenvalue weighted by molar-refractivity contribution is 0.1000. The van der Waals surface area contributed by atoms with Crippen LogP contribution < -0.4 is 11.1 Å². The van der Waals surface area contributed by atoms with Crippen molar-refractivity contribution in [2.75, 3.05) is 5.32 Å². The van der Waals surface area contributed by atoms with E-state index in [0.717, 1.165) is 29.7 Å². The smallest absolute Gasteiger partial charge is 0.259 e. The van der Waals surface area contributed by atoms with Gasteiger partial charge in [0, 0.05) is 4.88 Å². The van der Waals surface area contributed by atoms with Crippen LogP contribution in [0.4, 0.5) is 5.00 Å². The molecule has 0 saturated carbocycles. The lowest BCUT2D eigenvalue weighted by Gasteiger charge is -2.33. The molecule has 4 nitrogen and oxygen atoms in total. The van der Waals surface area contributed by atoms with Crippen molar-refractivity contribution < 1.29 is 9.59 Å². The number of nitrogens with one attached hydrogen (secondary N) is 1. The molecule has 2 aromatic rings. The first-order valence-electron chi connectivity index (χ1n) is 8.79. The van der Waals surface area contributed by atoms with Gasteiger partial charge in [0.25, 0.3) is 11.8 Å². The Kier molecular flexibility index (Phi) is 5.57. The maximum atomic E-state index is 12.7. The number of anilines is 1. The quantitative estimate of drug-likeness (QED) is 0.676. The zero-order valence-corrected chi connectivity index (χ0v) is 17.8. The second kappa shape index (κ2) is 7.46. The zero-order chi connectivity index (χ0) is 19.9. The summed E-state index contributed by atoms with van der Waals surface area (Å²) < 4.78 is 0. The summed E-state index contributed by atoms with van der Waals surface area (Å²) in [6, 6.07) is 4.88. The van der Waals surface area contributed by atoms with Crippen molar-refractivity contribution >= 4 is 51.4 Å². The molecule has 27 heavy (non-hydrogen) atoms. The van der Waals surface area contributed by atoms with E-state index >= 15 is 0 Å². The third kappa shape index (κ3) is 4.00. The van der Waals surface area contributed by atoms with Gasteiger partial charge < -0.3 is 11.1 Å². The lowest BCUT2D eigenvalue weighted by Crippen LogP contribution is -2.27. The molecule has 0 fully saturated rings. The van der Waals surface area contributed by atoms with E-state index in [9.17, 15) is 9.59 Å². The Hall–Kier alpha value is -1.56. The van der Waals surface area contributed by atoms with E-state index in [1.54, 1.807) is 18.2 Å². The van der Waals surface area contributed by atoms with E-state index in [1.807, 2.05) is 0 Å². The number of hydrogen-bond acceptors (Lipinski definition) is 3. The van der Waals surface area contributed by atoms with Gasteiger partial charge in [-0.2, -0.15) is 0 Å². The van der Waals surface area contributed by atoms with Gasteiger partial charge in [0.05, 0.1) is 21.2 Å². The minimum Gasteiger partial charge on any atom is -0.365 e. The van der Waals surface area contributed by atoms with Crippen LogP contribution in [0.5, 0.6) is 0 Å². The molecule has 7 heteroatoms. The number of thiophene rings is 1. The highest BCUT2D eigenvalue weighted by Crippen LogP contribution is 2.44. The molecule has 0 unspecified atom stereocenters. The van der Waals surface area contributed by atoms with E-state index in [2.05, 4.69) is 26.1 Å². The zero-order valence-electron chi connectivity index (χ0n) is 15.5. The van der Waals surface area contributed by atoms with E-state index in [4.69, 9.17) is 28.9 Å². The molecule has 3 rings (SSSR count). The van der Waals surface area contributed by atoms with Crippen LogP contribution in [0.1, 0.15) is 58.3 Å². The van der Waals surface area contributed by atoms with Gasteiger partial charge in [-0.15, -0.1) is 11.3 Å². The minimum atomic E-state index is -0.526. The molecule has 1 heterocycles. The summed E-state index contributed by atoms with van der Waals surface area (Å²) in [4.78, 5) is 26.0. The number of benzene rings is 1. The molecule has 2 amide bonds. The van der Waals surface area contributed by atoms with Crippen LogP contribution in [0.15, 0.2) is 18.2 Å². The van der Waals surface area contributed by atoms with Crippen LogP contribution in [0.3, 0.4) is 0 Å². The Balaban J connectivity index is 1.96. The van der Waals surface area contributed by atoms with Crippen LogP contribution in [0, 0.1) is 11.3 Å². The first kappa shape index (κ1) is 20.2. The number of rotatable bonds is 3. The fourth-order valence-corrected chi connectivity index (χ4v) is 5.45. The second-order valence-corrected chi connectivity index (χ2v) is 9.85. The topological polar surface area (TPSA) is 72.2 Å². The summed E-state index contributed by atoms with van der Waals surface area (Å²) in [6.07, 6.45) is 2.67. The molecule has 3 N–H and O–H groups in total. The fourth-order valence-electron chi connectivity index (χ4n) is 3.55. The van der Waals surface area contributed by atoms with Gasteiger partial charge in [-0.1, -0.05) is 50.0 Å². The average Bonchev–Trinajstić information content (AvgIpc) is 2.90. The normalized spacial score (nSPS) is 16.7. The molecule has 1 aromatic carbocycles. The van der Waals surface area contributed by atoms with Crippen molar-refractivity contribution in [2.45, 2.75) is 40.0 Å². The van der Waals surface area contributed by atoms with Gasteiger partial charge >= 0.3 is 0 Å². The van der Waals surface area contributed by atoms with Crippen molar-refractivity contribution in [3.63, 3.8) is 0 Å². The lowest BCUT2D eigenvalue weighted by atomic mass is 9.72. The summed E-state index contributed by atoms with van der Waals surface area (Å²) in [5, 5.41) is 3.80. The molecule has 0 aliphatic heterocycles. The van der Waals surface area contributed by atoms with Crippen LogP contribution in [0.25, 0.3) is 0 Å². The van der Waals surface area contributed by atoms with Crippen LogP contribution >= 0.6 is 34.5 Å². The number of hydrogen-bond donors (Lipinski definition) is 2. The Morgan fingerprint density at radius 2 is 1.81 bits per heavy atom. The predicted octanol–water partition coefficient (Wildman–Crippen LogP) is 5.56. The largest absolute Gasteiger partial charge is 0.365 e. The van der Waals surface area contributed by atoms with Crippen molar-refractivity contribution in [1.82, 2.24) is 0 Å². The Morgan fingerprint density at radius 3 is 2.37 bits per heavy atom. The molecule has 0 radical (unpaired) electrons. The monoisotopic (exact) mass is 424 g/mol. The highest BCUT2D eigenvalue weighted by atomic mass is 35.5. The van der Waals surface area contributed by atoms with Crippen LogP contribution in [-0.4, -0.2) is 11.8 Å². The Morgan fingerprint density at radius 1 is 1.19 bits per heavy atom. The van der Waals surface area contributed by atoms with Crippen LogP contribution in [0.2, 0.25) is 10.0 Å². The van der Waals surface area contributed by atoms with Gasteiger partial charge in [-0.05, 0) is 48.3 Å². The maximum absolute atomic E-state index is 12.7. The van der Waals surface area contributed by atoms with E-state index in [0.29, 0.717) is 16.5 Å². The first-order chi connectivity index (χ1) is 12.6. The Bertz CT molecular complexity index is 895. The number of carbonyl (C=O) groups excluding carboxylic acids is 2. The van der Waals surface area contributed by atoms with Gasteiger partial charge in [0.1, 0.15) is 5.00 Å². The second-order valence-electron chi connectivity index (χ2n) is 7.93. The van der Waals surface area contributed by atoms with E-state index in [1.165, 1.54) is 11.3 Å². The SMILES string of the molecule is CC(C)(C)[C@H]1CCc2c(sc(NC(=O)c3c(Cl)cccc3Cl)c2C(N)=O)C1. The van der Waals surface area contributed by atoms with Gasteiger partial charge in [-0.25, -0.2) is 0 Å². The van der Waals surface area contributed by atoms with Crippen molar-refractivity contribution in [2.24, 2.45) is 17.1 Å². The van der Waals surface area contributed by atoms with Gasteiger partial charge in [-0.3, -0.25) is 9.59 Å². The summed E-state index contributed by atoms with van der Waals surface area (Å²) in [6.45, 7) is 6.69. The van der Waals surface area contributed by atoms with Gasteiger partial charge in [0.2, 0.25) is 0 Å². The molecule has 1 aromatic heterocycles. The summed E-state index contributed by atoms with van der Waals surface area (Å²) in [5.41, 5.74) is 7.40. The first-order valence-corrected chi connectivity index (χ1v) is 10.4. The molecule has 1 atom stereocenters. The standard InChI is InChI=1S/C20H22Cl2N2O2S/c1-20(2,3)10-7-8-11-14(9-10)27-19(15(11)17(23)25)24-18(26)16-12(21)5-4-6-13(16)22/h4-6,10H,7-9H2,1-3H3,(H2,23,25)(H,24,26)/t10-/m0/s1. The number of amides is 2. The number of primary amides is 1. The van der Waals surface area contributed by atoms with Crippen molar-refractivity contribution in [1.29, 1.82) is 0 Å². The molecule has 0 spiro atoms. The summed E-state index contributed by atoms with van der Waals surface area (Å²) in [5.74, 6) is -0.452. The van der Waals surface area contributed by atoms with Crippen molar-refractivity contribution in [3.05, 3.63) is 49.8 Å². The average molecular weight is 425 g/mol. The number of nitrogens with two attached hydrogens (primary N) is 1. The summed E-state index contributed by atoms with van der Waals surface area (Å²) in [7, 11) is 0. The highest BCUT2D eigenvalue weighted by molar-refractivity contribution is 7.17. The Labute approximate surface area is 173 Å². The summed E-state index contributed by atoms with van der Waals surface area (Å²) >= 11 is 13.7. The fraction of sp³-hybridized carbons (Fsp3) is 0.400. The van der Waals surface area contributed by atoms with Crippen molar-refractivity contribution in [3.8, 4) is 0 Å². The molecule has 144 valence electrons. The number of carbonyl (C=O) groups is 2. The number of fused-ring (bicyclic) bond motifs is 1. The molecular formula is C20H22Cl2N2O2S. The molecule has 0 saturated heterocycles. The highest BCUT2D eigenvalue weighted by Gasteiger charge is 2.33. The predicted molar refractivity (Wildman–Crippen MR) is 112 cm³/mol. The minimum absolute atomic E-state index is 0.184. The third-order valence-electron chi connectivity index (χ3n) is 5.15. The van der Waals surface area contributed by atoms with E-state index in [-0.39, 0.29) is 21.0 Å². The van der Waals surface area contributed by atoms with Crippen LogP contribution in [-0.2, 0) is 12.8 Å². The molecule has 1 aliphatic carbocycles. The van der Waals surface area contributed by atoms with Gasteiger partial charge in [0.15, 0.2) is 0 Å². The maximum Gasteiger partial charge on any atom is 0.259 e.